The Morgan fingerprint density at radius 3 is 2.68 bits per heavy atom. The molecule has 19 heavy (non-hydrogen) atoms. The van der Waals surface area contributed by atoms with E-state index in [9.17, 15) is 10.1 Å². The second kappa shape index (κ2) is 5.63. The van der Waals surface area contributed by atoms with Crippen LogP contribution < -0.4 is 0 Å². The van der Waals surface area contributed by atoms with Crippen LogP contribution in [0.1, 0.15) is 11.1 Å². The van der Waals surface area contributed by atoms with Crippen LogP contribution in [0, 0.1) is 17.0 Å². The Labute approximate surface area is 115 Å². The monoisotopic (exact) mass is 274 g/mol. The van der Waals surface area contributed by atoms with E-state index < -0.39 is 4.92 Å². The largest absolute Gasteiger partial charge is 0.271 e. The maximum Gasteiger partial charge on any atom is 0.271 e. The number of nitrogens with zero attached hydrogens (tertiary/aromatic N) is 2. The molecule has 96 valence electrons. The second-order valence-electron chi connectivity index (χ2n) is 4.01. The number of halogens is 1. The minimum atomic E-state index is -0.437. The van der Waals surface area contributed by atoms with E-state index in [2.05, 4.69) is 4.99 Å². The summed E-state index contributed by atoms with van der Waals surface area (Å²) in [6, 6.07) is 11.9. The molecule has 5 heteroatoms. The molecule has 0 atom stereocenters. The van der Waals surface area contributed by atoms with Gasteiger partial charge in [-0.1, -0.05) is 35.9 Å². The van der Waals surface area contributed by atoms with Crippen LogP contribution in [-0.4, -0.2) is 11.1 Å². The Morgan fingerprint density at radius 2 is 2.00 bits per heavy atom. The van der Waals surface area contributed by atoms with Crippen LogP contribution in [0.15, 0.2) is 47.5 Å². The van der Waals surface area contributed by atoms with E-state index >= 15 is 0 Å². The van der Waals surface area contributed by atoms with E-state index in [0.29, 0.717) is 10.7 Å². The van der Waals surface area contributed by atoms with Gasteiger partial charge in [0.1, 0.15) is 0 Å². The number of benzene rings is 2. The molecule has 0 aliphatic carbocycles. The zero-order valence-electron chi connectivity index (χ0n) is 10.2. The summed E-state index contributed by atoms with van der Waals surface area (Å²) in [4.78, 5) is 14.6. The smallest absolute Gasteiger partial charge is 0.258 e. The molecular formula is C14H11ClN2O2. The second-order valence-corrected chi connectivity index (χ2v) is 4.41. The number of rotatable bonds is 3. The molecule has 0 spiro atoms. The molecule has 0 unspecified atom stereocenters. The van der Waals surface area contributed by atoms with Crippen molar-refractivity contribution in [2.75, 3.05) is 0 Å². The lowest BCUT2D eigenvalue weighted by Crippen LogP contribution is -1.88. The molecule has 0 aromatic heterocycles. The third kappa shape index (κ3) is 3.17. The van der Waals surface area contributed by atoms with Crippen molar-refractivity contribution in [3.8, 4) is 0 Å². The lowest BCUT2D eigenvalue weighted by molar-refractivity contribution is -0.384. The van der Waals surface area contributed by atoms with Gasteiger partial charge in [-0.25, -0.2) is 0 Å². The minimum absolute atomic E-state index is 0.0249. The zero-order chi connectivity index (χ0) is 13.8. The number of hydrogen-bond acceptors (Lipinski definition) is 3. The molecule has 4 nitrogen and oxygen atoms in total. The van der Waals surface area contributed by atoms with Gasteiger partial charge in [-0.05, 0) is 18.6 Å². The molecule has 0 N–H and O–H groups in total. The van der Waals surface area contributed by atoms with Gasteiger partial charge in [-0.2, -0.15) is 0 Å². The van der Waals surface area contributed by atoms with Crippen LogP contribution >= 0.6 is 11.6 Å². The first-order valence-electron chi connectivity index (χ1n) is 5.61. The maximum absolute atomic E-state index is 10.7. The van der Waals surface area contributed by atoms with Gasteiger partial charge in [-0.15, -0.1) is 0 Å². The van der Waals surface area contributed by atoms with E-state index in [1.165, 1.54) is 12.1 Å². The summed E-state index contributed by atoms with van der Waals surface area (Å²) in [6.07, 6.45) is 1.61. The van der Waals surface area contributed by atoms with Crippen molar-refractivity contribution < 1.29 is 4.92 Å². The molecule has 0 heterocycles. The molecule has 0 bridgehead atoms. The van der Waals surface area contributed by atoms with Gasteiger partial charge in [-0.3, -0.25) is 15.1 Å². The molecule has 0 aliphatic heterocycles. The number of aliphatic imine (C=N–C) groups is 1. The van der Waals surface area contributed by atoms with E-state index in [1.807, 2.05) is 25.1 Å². The number of nitro benzene ring substituents is 1. The molecular weight excluding hydrogens is 264 g/mol. The van der Waals surface area contributed by atoms with Gasteiger partial charge < -0.3 is 0 Å². The average Bonchev–Trinajstić information content (AvgIpc) is 2.39. The third-order valence-corrected chi connectivity index (χ3v) is 3.00. The molecule has 0 saturated carbocycles. The molecule has 2 aromatic carbocycles. The first-order valence-corrected chi connectivity index (χ1v) is 5.99. The van der Waals surface area contributed by atoms with Gasteiger partial charge in [0.2, 0.25) is 0 Å². The Morgan fingerprint density at radius 1 is 1.26 bits per heavy atom. The van der Waals surface area contributed by atoms with Gasteiger partial charge in [0, 0.05) is 28.9 Å². The quantitative estimate of drug-likeness (QED) is 0.476. The maximum atomic E-state index is 10.7. The zero-order valence-corrected chi connectivity index (χ0v) is 11.0. The SMILES string of the molecule is Cc1ccc([N+](=O)[O-])cc1N=Cc1ccccc1Cl. The van der Waals surface area contributed by atoms with Crippen LogP contribution in [0.4, 0.5) is 11.4 Å². The number of non-ortho nitro benzene ring substituents is 1. The Balaban J connectivity index is 2.35. The van der Waals surface area contributed by atoms with E-state index in [-0.39, 0.29) is 5.69 Å². The van der Waals surface area contributed by atoms with E-state index in [1.54, 1.807) is 18.3 Å². The summed E-state index contributed by atoms with van der Waals surface area (Å²) in [5.41, 5.74) is 2.23. The predicted octanol–water partition coefficient (Wildman–Crippen LogP) is 4.31. The summed E-state index contributed by atoms with van der Waals surface area (Å²) < 4.78 is 0. The Bertz CT molecular complexity index is 654. The average molecular weight is 275 g/mol. The highest BCUT2D eigenvalue weighted by Crippen LogP contribution is 2.24. The van der Waals surface area contributed by atoms with E-state index in [4.69, 9.17) is 11.6 Å². The summed E-state index contributed by atoms with van der Waals surface area (Å²) in [6.45, 7) is 1.85. The van der Waals surface area contributed by atoms with Crippen molar-refractivity contribution in [3.63, 3.8) is 0 Å². The number of aryl methyl sites for hydroxylation is 1. The van der Waals surface area contributed by atoms with Gasteiger partial charge in [0.05, 0.1) is 10.6 Å². The lowest BCUT2D eigenvalue weighted by atomic mass is 10.2. The fourth-order valence-corrected chi connectivity index (χ4v) is 1.75. The first-order chi connectivity index (χ1) is 9.08. The number of hydrogen-bond donors (Lipinski definition) is 0. The van der Waals surface area contributed by atoms with Crippen molar-refractivity contribution >= 4 is 29.2 Å². The van der Waals surface area contributed by atoms with Crippen molar-refractivity contribution in [3.05, 3.63) is 68.7 Å². The topological polar surface area (TPSA) is 55.5 Å². The van der Waals surface area contributed by atoms with Gasteiger partial charge >= 0.3 is 0 Å². The predicted molar refractivity (Wildman–Crippen MR) is 76.5 cm³/mol. The van der Waals surface area contributed by atoms with Crippen LogP contribution in [0.2, 0.25) is 5.02 Å². The normalized spacial score (nSPS) is 10.8. The summed E-state index contributed by atoms with van der Waals surface area (Å²) >= 11 is 6.01. The molecule has 2 aromatic rings. The fourth-order valence-electron chi connectivity index (χ4n) is 1.57. The molecule has 0 saturated heterocycles. The molecule has 0 radical (unpaired) electrons. The van der Waals surface area contributed by atoms with Crippen molar-refractivity contribution in [2.24, 2.45) is 4.99 Å². The van der Waals surface area contributed by atoms with Crippen molar-refractivity contribution in [2.45, 2.75) is 6.92 Å². The third-order valence-electron chi connectivity index (χ3n) is 2.65. The fraction of sp³-hybridized carbons (Fsp3) is 0.0714. The van der Waals surface area contributed by atoms with Crippen molar-refractivity contribution in [1.29, 1.82) is 0 Å². The minimum Gasteiger partial charge on any atom is -0.258 e. The van der Waals surface area contributed by atoms with Gasteiger partial charge in [0.25, 0.3) is 5.69 Å². The molecule has 0 fully saturated rings. The Hall–Kier alpha value is -2.20. The molecule has 2 rings (SSSR count). The van der Waals surface area contributed by atoms with Crippen molar-refractivity contribution in [1.82, 2.24) is 0 Å². The van der Waals surface area contributed by atoms with Crippen LogP contribution in [-0.2, 0) is 0 Å². The summed E-state index contributed by atoms with van der Waals surface area (Å²) in [7, 11) is 0. The number of nitro groups is 1. The van der Waals surface area contributed by atoms with Gasteiger partial charge in [0.15, 0.2) is 0 Å². The summed E-state index contributed by atoms with van der Waals surface area (Å²) in [5, 5.41) is 11.3. The highest BCUT2D eigenvalue weighted by Gasteiger charge is 2.07. The summed E-state index contributed by atoms with van der Waals surface area (Å²) in [5.74, 6) is 0. The van der Waals surface area contributed by atoms with Crippen LogP contribution in [0.5, 0.6) is 0 Å². The Kier molecular flexibility index (Phi) is 3.92. The highest BCUT2D eigenvalue weighted by atomic mass is 35.5. The first kappa shape index (κ1) is 13.2. The highest BCUT2D eigenvalue weighted by molar-refractivity contribution is 6.33. The van der Waals surface area contributed by atoms with Crippen LogP contribution in [0.3, 0.4) is 0 Å². The van der Waals surface area contributed by atoms with E-state index in [0.717, 1.165) is 11.1 Å². The lowest BCUT2D eigenvalue weighted by Gasteiger charge is -2.00. The molecule has 0 aliphatic rings. The standard InChI is InChI=1S/C14H11ClN2O2/c1-10-6-7-12(17(18)19)8-14(10)16-9-11-4-2-3-5-13(11)15/h2-9H,1H3. The van der Waals surface area contributed by atoms with Crippen LogP contribution in [0.25, 0.3) is 0 Å². The molecule has 0 amide bonds.